The second kappa shape index (κ2) is 7.52. The zero-order valence-electron chi connectivity index (χ0n) is 15.4. The lowest BCUT2D eigenvalue weighted by Gasteiger charge is -2.24. The first-order valence-corrected chi connectivity index (χ1v) is 9.46. The number of fused-ring (bicyclic) bond motifs is 1. The van der Waals surface area contributed by atoms with Crippen LogP contribution >= 0.6 is 0 Å². The fraction of sp³-hybridized carbons (Fsp3) is 0.450. The Balaban J connectivity index is 1.44. The normalized spacial score (nSPS) is 21.5. The number of hydrogen-bond donors (Lipinski definition) is 2. The van der Waals surface area contributed by atoms with Crippen molar-refractivity contribution in [3.05, 3.63) is 47.3 Å². The molecule has 0 bridgehead atoms. The Morgan fingerprint density at radius 3 is 2.96 bits per heavy atom. The Kier molecular flexibility index (Phi) is 4.94. The van der Waals surface area contributed by atoms with E-state index in [2.05, 4.69) is 15.7 Å². The molecular weight excluding hydrogens is 344 g/mol. The summed E-state index contributed by atoms with van der Waals surface area (Å²) in [5, 5.41) is 10.3. The molecule has 27 heavy (non-hydrogen) atoms. The molecule has 2 aromatic rings. The Morgan fingerprint density at radius 2 is 2.15 bits per heavy atom. The molecule has 7 heteroatoms. The summed E-state index contributed by atoms with van der Waals surface area (Å²) in [6.45, 7) is 0.623. The summed E-state index contributed by atoms with van der Waals surface area (Å²) < 4.78 is 7.29. The molecule has 2 N–H and O–H groups in total. The van der Waals surface area contributed by atoms with E-state index in [9.17, 15) is 9.59 Å². The third kappa shape index (κ3) is 3.73. The lowest BCUT2D eigenvalue weighted by Crippen LogP contribution is -2.31. The first-order chi connectivity index (χ1) is 13.1. The smallest absolute Gasteiger partial charge is 0.253 e. The number of anilines is 1. The van der Waals surface area contributed by atoms with E-state index in [1.54, 1.807) is 24.3 Å². The van der Waals surface area contributed by atoms with Crippen LogP contribution in [0.3, 0.4) is 0 Å². The molecule has 1 saturated heterocycles. The van der Waals surface area contributed by atoms with Crippen LogP contribution in [0.2, 0.25) is 0 Å². The molecule has 2 atom stereocenters. The van der Waals surface area contributed by atoms with Gasteiger partial charge in [-0.2, -0.15) is 5.10 Å². The van der Waals surface area contributed by atoms with Crippen molar-refractivity contribution in [2.75, 3.05) is 11.9 Å². The number of nitrogens with zero attached hydrogens (tertiary/aromatic N) is 2. The van der Waals surface area contributed by atoms with E-state index in [0.29, 0.717) is 17.9 Å². The van der Waals surface area contributed by atoms with Gasteiger partial charge < -0.3 is 15.4 Å². The first kappa shape index (κ1) is 17.7. The molecule has 0 saturated carbocycles. The predicted octanol–water partition coefficient (Wildman–Crippen LogP) is 2.35. The minimum Gasteiger partial charge on any atom is -0.368 e. The summed E-state index contributed by atoms with van der Waals surface area (Å²) in [5.41, 5.74) is 3.41. The van der Waals surface area contributed by atoms with E-state index >= 15 is 0 Å². The van der Waals surface area contributed by atoms with Crippen molar-refractivity contribution in [3.8, 4) is 0 Å². The Hall–Kier alpha value is -2.67. The Bertz CT molecular complexity index is 855. The van der Waals surface area contributed by atoms with Crippen molar-refractivity contribution in [1.82, 2.24) is 15.1 Å². The molecule has 2 amide bonds. The van der Waals surface area contributed by atoms with Crippen LogP contribution in [0.25, 0.3) is 0 Å². The summed E-state index contributed by atoms with van der Waals surface area (Å²) in [6, 6.07) is 6.99. The van der Waals surface area contributed by atoms with E-state index in [0.717, 1.165) is 37.7 Å². The molecule has 142 valence electrons. The number of rotatable bonds is 4. The molecule has 7 nitrogen and oxygen atoms in total. The summed E-state index contributed by atoms with van der Waals surface area (Å²) in [5.74, 6) is -0.303. The van der Waals surface area contributed by atoms with Gasteiger partial charge >= 0.3 is 0 Å². The fourth-order valence-electron chi connectivity index (χ4n) is 3.84. The SMILES string of the molecule is Cn1ncc2c1CCC[C@H]2NC(=O)c1cccc(NC(=O)[C@@H]2CCCO2)c1. The second-order valence-corrected chi connectivity index (χ2v) is 7.16. The summed E-state index contributed by atoms with van der Waals surface area (Å²) in [7, 11) is 1.93. The number of carbonyl (C=O) groups is 2. The van der Waals surface area contributed by atoms with Crippen molar-refractivity contribution in [2.24, 2.45) is 7.05 Å². The highest BCUT2D eigenvalue weighted by Gasteiger charge is 2.26. The molecule has 0 unspecified atom stereocenters. The highest BCUT2D eigenvalue weighted by molar-refractivity contribution is 5.98. The van der Waals surface area contributed by atoms with Crippen LogP contribution in [0.15, 0.2) is 30.5 Å². The summed E-state index contributed by atoms with van der Waals surface area (Å²) in [6.07, 6.45) is 6.00. The number of nitrogens with one attached hydrogen (secondary N) is 2. The number of aromatic nitrogens is 2. The van der Waals surface area contributed by atoms with Crippen molar-refractivity contribution < 1.29 is 14.3 Å². The molecule has 2 aliphatic rings. The summed E-state index contributed by atoms with van der Waals surface area (Å²) in [4.78, 5) is 25.0. The Labute approximate surface area is 158 Å². The van der Waals surface area contributed by atoms with Crippen LogP contribution in [0.1, 0.15) is 53.3 Å². The Morgan fingerprint density at radius 1 is 1.26 bits per heavy atom. The van der Waals surface area contributed by atoms with Crippen molar-refractivity contribution in [1.29, 1.82) is 0 Å². The van der Waals surface area contributed by atoms with E-state index in [4.69, 9.17) is 4.74 Å². The lowest BCUT2D eigenvalue weighted by atomic mass is 9.92. The monoisotopic (exact) mass is 368 g/mol. The first-order valence-electron chi connectivity index (χ1n) is 9.46. The molecule has 1 aromatic heterocycles. The largest absolute Gasteiger partial charge is 0.368 e. The van der Waals surface area contributed by atoms with Gasteiger partial charge in [-0.05, 0) is 50.3 Å². The summed E-state index contributed by atoms with van der Waals surface area (Å²) >= 11 is 0. The van der Waals surface area contributed by atoms with Gasteiger partial charge in [0.05, 0.1) is 12.2 Å². The molecule has 2 heterocycles. The average Bonchev–Trinajstić information content (AvgIpc) is 3.33. The number of aryl methyl sites for hydroxylation is 1. The predicted molar refractivity (Wildman–Crippen MR) is 100 cm³/mol. The zero-order chi connectivity index (χ0) is 18.8. The highest BCUT2D eigenvalue weighted by atomic mass is 16.5. The number of ether oxygens (including phenoxy) is 1. The van der Waals surface area contributed by atoms with Crippen molar-refractivity contribution in [3.63, 3.8) is 0 Å². The standard InChI is InChI=1S/C20H24N4O3/c1-24-17-8-3-7-16(15(17)12-21-24)23-19(25)13-5-2-6-14(11-13)22-20(26)18-9-4-10-27-18/h2,5-6,11-12,16,18H,3-4,7-10H2,1H3,(H,22,26)(H,23,25)/t16-,18+/m1/s1. The van der Waals surface area contributed by atoms with Crippen LogP contribution < -0.4 is 10.6 Å². The molecule has 1 aliphatic carbocycles. The second-order valence-electron chi connectivity index (χ2n) is 7.16. The minimum atomic E-state index is -0.395. The van der Waals surface area contributed by atoms with Gasteiger partial charge in [-0.25, -0.2) is 0 Å². The van der Waals surface area contributed by atoms with Gasteiger partial charge in [-0.3, -0.25) is 14.3 Å². The van der Waals surface area contributed by atoms with Crippen LogP contribution in [0.4, 0.5) is 5.69 Å². The topological polar surface area (TPSA) is 85.3 Å². The molecule has 4 rings (SSSR count). The van der Waals surface area contributed by atoms with Crippen molar-refractivity contribution in [2.45, 2.75) is 44.2 Å². The van der Waals surface area contributed by atoms with Gasteiger partial charge in [0.2, 0.25) is 0 Å². The maximum absolute atomic E-state index is 12.7. The third-order valence-electron chi connectivity index (χ3n) is 5.30. The van der Waals surface area contributed by atoms with Gasteiger partial charge in [0.25, 0.3) is 11.8 Å². The van der Waals surface area contributed by atoms with Gasteiger partial charge in [0, 0.05) is 36.2 Å². The molecule has 1 aliphatic heterocycles. The van der Waals surface area contributed by atoms with Crippen molar-refractivity contribution >= 4 is 17.5 Å². The molecule has 0 radical (unpaired) electrons. The molecule has 1 aromatic carbocycles. The molecule has 0 spiro atoms. The number of amides is 2. The molecular formula is C20H24N4O3. The van der Waals surface area contributed by atoms with Crippen LogP contribution in [-0.4, -0.2) is 34.3 Å². The van der Waals surface area contributed by atoms with Gasteiger partial charge in [-0.15, -0.1) is 0 Å². The maximum atomic E-state index is 12.7. The van der Waals surface area contributed by atoms with Gasteiger partial charge in [0.15, 0.2) is 0 Å². The third-order valence-corrected chi connectivity index (χ3v) is 5.30. The van der Waals surface area contributed by atoms with E-state index in [1.807, 2.05) is 17.9 Å². The fourth-order valence-corrected chi connectivity index (χ4v) is 3.84. The minimum absolute atomic E-state index is 0.0277. The van der Waals surface area contributed by atoms with E-state index in [-0.39, 0.29) is 17.9 Å². The molecule has 1 fully saturated rings. The van der Waals surface area contributed by atoms with Crippen LogP contribution in [-0.2, 0) is 23.0 Å². The lowest BCUT2D eigenvalue weighted by molar-refractivity contribution is -0.124. The number of benzene rings is 1. The van der Waals surface area contributed by atoms with Gasteiger partial charge in [-0.1, -0.05) is 6.07 Å². The quantitative estimate of drug-likeness (QED) is 0.867. The van der Waals surface area contributed by atoms with Crippen LogP contribution in [0.5, 0.6) is 0 Å². The van der Waals surface area contributed by atoms with E-state index in [1.165, 1.54) is 5.69 Å². The van der Waals surface area contributed by atoms with Crippen LogP contribution in [0, 0.1) is 0 Å². The van der Waals surface area contributed by atoms with Gasteiger partial charge in [0.1, 0.15) is 6.10 Å². The average molecular weight is 368 g/mol. The highest BCUT2D eigenvalue weighted by Crippen LogP contribution is 2.29. The number of hydrogen-bond acceptors (Lipinski definition) is 4. The zero-order valence-corrected chi connectivity index (χ0v) is 15.4. The van der Waals surface area contributed by atoms with E-state index < -0.39 is 6.10 Å². The number of carbonyl (C=O) groups excluding carboxylic acids is 2. The maximum Gasteiger partial charge on any atom is 0.253 e.